The van der Waals surface area contributed by atoms with Crippen LogP contribution in [0.15, 0.2) is 73.1 Å². The average molecular weight is 666 g/mol. The van der Waals surface area contributed by atoms with E-state index in [-0.39, 0.29) is 20.1 Å². The molecule has 2 aliphatic rings. The van der Waals surface area contributed by atoms with Crippen LogP contribution < -0.4 is 0 Å². The second kappa shape index (κ2) is 11.5. The van der Waals surface area contributed by atoms with Gasteiger partial charge in [0, 0.05) is 38.2 Å². The predicted octanol–water partition coefficient (Wildman–Crippen LogP) is 9.44. The third-order valence-electron chi connectivity index (χ3n) is 8.50. The van der Waals surface area contributed by atoms with Crippen LogP contribution in [0.1, 0.15) is 99.7 Å². The second-order valence-corrected chi connectivity index (χ2v) is 11.1. The molecule has 0 aliphatic heterocycles. The summed E-state index contributed by atoms with van der Waals surface area (Å²) in [4.78, 5) is 4.84. The van der Waals surface area contributed by atoms with Gasteiger partial charge in [-0.05, 0) is 83.4 Å². The fourth-order valence-corrected chi connectivity index (χ4v) is 6.50. The van der Waals surface area contributed by atoms with Gasteiger partial charge in [-0.15, -0.1) is 35.9 Å². The first kappa shape index (κ1) is 26.1. The second-order valence-electron chi connectivity index (χ2n) is 11.1. The first-order valence-corrected chi connectivity index (χ1v) is 14.0. The molecule has 2 saturated carbocycles. The summed E-state index contributed by atoms with van der Waals surface area (Å²) < 4.78 is 2.39. The Morgan fingerprint density at radius 2 is 1.43 bits per heavy atom. The zero-order valence-corrected chi connectivity index (χ0v) is 24.4. The summed E-state index contributed by atoms with van der Waals surface area (Å²) in [5.74, 6) is 2.79. The monoisotopic (exact) mass is 666 g/mol. The normalized spacial score (nSPS) is 16.4. The summed E-state index contributed by atoms with van der Waals surface area (Å²) in [5, 5.41) is 0. The molecule has 0 atom stereocenters. The van der Waals surface area contributed by atoms with Crippen molar-refractivity contribution >= 4 is 0 Å². The van der Waals surface area contributed by atoms with Gasteiger partial charge in [-0.25, -0.2) is 0 Å². The minimum atomic E-state index is 0. The molecule has 0 amide bonds. The van der Waals surface area contributed by atoms with E-state index in [1.807, 2.05) is 18.3 Å². The number of hydrogen-bond donors (Lipinski definition) is 0. The molecule has 3 aromatic carbocycles. The van der Waals surface area contributed by atoms with Gasteiger partial charge in [0.2, 0.25) is 0 Å². The fourth-order valence-electron chi connectivity index (χ4n) is 6.50. The van der Waals surface area contributed by atoms with Crippen molar-refractivity contribution in [2.24, 2.45) is 0 Å². The third-order valence-corrected chi connectivity index (χ3v) is 8.50. The van der Waals surface area contributed by atoms with Gasteiger partial charge in [0.1, 0.15) is 0 Å². The minimum Gasteiger partial charge on any atom is -0.340 e. The number of aromatic nitrogens is 2. The summed E-state index contributed by atoms with van der Waals surface area (Å²) in [6.07, 6.45) is 14.6. The molecule has 6 rings (SSSR count). The largest absolute Gasteiger partial charge is 0.340 e. The third kappa shape index (κ3) is 5.27. The fraction of sp³-hybridized carbons (Fsp3) is 0.382. The molecule has 3 heteroatoms. The van der Waals surface area contributed by atoms with Gasteiger partial charge in [-0.2, -0.15) is 0 Å². The summed E-state index contributed by atoms with van der Waals surface area (Å²) in [5.41, 5.74) is 9.64. The van der Waals surface area contributed by atoms with Crippen LogP contribution in [0.25, 0.3) is 28.2 Å². The Morgan fingerprint density at radius 3 is 1.97 bits per heavy atom. The van der Waals surface area contributed by atoms with E-state index in [9.17, 15) is 0 Å². The molecule has 0 N–H and O–H groups in total. The van der Waals surface area contributed by atoms with Crippen molar-refractivity contribution in [1.29, 1.82) is 0 Å². The molecule has 0 saturated heterocycles. The molecule has 4 aromatic rings. The smallest absolute Gasteiger partial charge is 0.0602 e. The molecule has 2 fully saturated rings. The molecule has 2 aliphatic carbocycles. The summed E-state index contributed by atoms with van der Waals surface area (Å²) in [7, 11) is 0. The van der Waals surface area contributed by atoms with E-state index in [1.165, 1.54) is 84.9 Å². The van der Waals surface area contributed by atoms with Crippen molar-refractivity contribution in [3.05, 3.63) is 95.8 Å². The maximum atomic E-state index is 4.84. The number of nitrogens with zero attached hydrogens (tertiary/aromatic N) is 2. The zero-order chi connectivity index (χ0) is 24.5. The van der Waals surface area contributed by atoms with E-state index in [0.29, 0.717) is 17.8 Å². The van der Waals surface area contributed by atoms with Gasteiger partial charge >= 0.3 is 0 Å². The number of benzene rings is 3. The zero-order valence-electron chi connectivity index (χ0n) is 22.0. The first-order chi connectivity index (χ1) is 17.7. The molecule has 0 spiro atoms. The van der Waals surface area contributed by atoms with Crippen LogP contribution >= 0.6 is 0 Å². The molecular formula is C34H37IrN2-. The summed E-state index contributed by atoms with van der Waals surface area (Å²) in [6, 6.07) is 26.0. The average Bonchev–Trinajstić information content (AvgIpc) is 3.71. The molecule has 1 aromatic heterocycles. The van der Waals surface area contributed by atoms with Crippen LogP contribution in [0.2, 0.25) is 0 Å². The van der Waals surface area contributed by atoms with Gasteiger partial charge in [0.15, 0.2) is 0 Å². The Bertz CT molecular complexity index is 1270. The van der Waals surface area contributed by atoms with Crippen molar-refractivity contribution in [2.75, 3.05) is 0 Å². The molecule has 193 valence electrons. The minimum absolute atomic E-state index is 0. The Labute approximate surface area is 235 Å². The Kier molecular flexibility index (Phi) is 8.12. The van der Waals surface area contributed by atoms with E-state index >= 15 is 0 Å². The van der Waals surface area contributed by atoms with Crippen molar-refractivity contribution in [2.45, 2.75) is 83.0 Å². The first-order valence-electron chi connectivity index (χ1n) is 14.0. The Hall–Kier alpha value is -2.48. The van der Waals surface area contributed by atoms with Crippen molar-refractivity contribution in [3.8, 4) is 28.2 Å². The van der Waals surface area contributed by atoms with Gasteiger partial charge in [-0.3, -0.25) is 4.98 Å². The maximum absolute atomic E-state index is 4.84. The van der Waals surface area contributed by atoms with Crippen LogP contribution in [0.5, 0.6) is 0 Å². The summed E-state index contributed by atoms with van der Waals surface area (Å²) >= 11 is 0. The van der Waals surface area contributed by atoms with Crippen LogP contribution in [-0.2, 0) is 20.1 Å². The van der Waals surface area contributed by atoms with Crippen molar-refractivity contribution in [3.63, 3.8) is 0 Å². The van der Waals surface area contributed by atoms with Crippen LogP contribution in [-0.4, -0.2) is 9.55 Å². The van der Waals surface area contributed by atoms with Crippen molar-refractivity contribution < 1.29 is 20.1 Å². The van der Waals surface area contributed by atoms with Crippen LogP contribution in [0.4, 0.5) is 0 Å². The molecule has 1 radical (unpaired) electrons. The molecule has 0 unspecified atom stereocenters. The summed E-state index contributed by atoms with van der Waals surface area (Å²) in [6.45, 7) is 4.54. The SMILES string of the molecule is CC(C)c1ccc(-c2cc(C3CCCC3)c(-n3ccnc3-c3[c-]cccc3)c(C3CCCC3)c2)cc1.[Ir]. The number of hydrogen-bond acceptors (Lipinski definition) is 1. The van der Waals surface area contributed by atoms with Crippen molar-refractivity contribution in [1.82, 2.24) is 9.55 Å². The van der Waals surface area contributed by atoms with Gasteiger partial charge in [0.05, 0.1) is 5.82 Å². The molecule has 37 heavy (non-hydrogen) atoms. The van der Waals surface area contributed by atoms with Gasteiger partial charge < -0.3 is 4.57 Å². The Morgan fingerprint density at radius 1 is 0.811 bits per heavy atom. The van der Waals surface area contributed by atoms with Gasteiger partial charge in [-0.1, -0.05) is 63.8 Å². The topological polar surface area (TPSA) is 17.8 Å². The quantitative estimate of drug-likeness (QED) is 0.188. The molecule has 2 nitrogen and oxygen atoms in total. The van der Waals surface area contributed by atoms with Crippen LogP contribution in [0.3, 0.4) is 0 Å². The molecule has 1 heterocycles. The number of imidazole rings is 1. The van der Waals surface area contributed by atoms with E-state index < -0.39 is 0 Å². The van der Waals surface area contributed by atoms with Crippen LogP contribution in [0, 0.1) is 6.07 Å². The van der Waals surface area contributed by atoms with E-state index in [1.54, 1.807) is 0 Å². The van der Waals surface area contributed by atoms with E-state index in [4.69, 9.17) is 4.98 Å². The van der Waals surface area contributed by atoms with E-state index in [0.717, 1.165) is 11.4 Å². The Balaban J connectivity index is 0.00000280. The standard InChI is InChI=1S/C34H37N2.Ir/c1-24(2)25-16-18-26(19-17-25)30-22-31(27-10-6-7-11-27)33(32(23-30)28-12-8-9-13-28)36-21-20-35-34(36)29-14-4-3-5-15-29;/h3-5,14,16-24,27-28H,6-13H2,1-2H3;/q-1;. The maximum Gasteiger partial charge on any atom is 0.0602 e. The molecular weight excluding hydrogens is 629 g/mol. The van der Waals surface area contributed by atoms with E-state index in [2.05, 4.69) is 79.2 Å². The van der Waals surface area contributed by atoms with Gasteiger partial charge in [0.25, 0.3) is 0 Å². The molecule has 0 bridgehead atoms. The number of rotatable bonds is 6. The predicted molar refractivity (Wildman–Crippen MR) is 150 cm³/mol.